The monoisotopic (exact) mass is 387 g/mol. The molecule has 0 bridgehead atoms. The zero-order chi connectivity index (χ0) is 20.1. The van der Waals surface area contributed by atoms with Crippen LogP contribution in [0.4, 0.5) is 4.79 Å². The summed E-state index contributed by atoms with van der Waals surface area (Å²) in [5, 5.41) is 8.63. The van der Waals surface area contributed by atoms with Gasteiger partial charge in [0.1, 0.15) is 12.1 Å². The van der Waals surface area contributed by atoms with E-state index in [9.17, 15) is 14.4 Å². The van der Waals surface area contributed by atoms with Crippen LogP contribution in [0.15, 0.2) is 30.3 Å². The first-order chi connectivity index (χ1) is 13.5. The number of hydrogen-bond acceptors (Lipinski definition) is 4. The number of nitrogens with two attached hydrogens (primary N) is 1. The Morgan fingerprint density at radius 3 is 2.75 bits per heavy atom. The molecule has 4 amide bonds. The number of nitrogens with zero attached hydrogens (tertiary/aromatic N) is 1. The summed E-state index contributed by atoms with van der Waals surface area (Å²) in [5.41, 5.74) is 6.51. The highest BCUT2D eigenvalue weighted by Crippen LogP contribution is 2.24. The highest BCUT2D eigenvalue weighted by molar-refractivity contribution is 5.97. The summed E-state index contributed by atoms with van der Waals surface area (Å²) in [6.07, 6.45) is 2.65. The molecule has 2 heterocycles. The van der Waals surface area contributed by atoms with Crippen LogP contribution in [0.5, 0.6) is 0 Å². The topological polar surface area (TPSA) is 117 Å². The van der Waals surface area contributed by atoms with Crippen LogP contribution in [0.1, 0.15) is 44.2 Å². The fourth-order valence-electron chi connectivity index (χ4n) is 3.90. The van der Waals surface area contributed by atoms with Crippen molar-refractivity contribution in [2.24, 2.45) is 5.73 Å². The van der Waals surface area contributed by atoms with Gasteiger partial charge in [0.05, 0.1) is 12.1 Å². The third-order valence-corrected chi connectivity index (χ3v) is 5.43. The molecular formula is C20H29N5O3. The van der Waals surface area contributed by atoms with Gasteiger partial charge in [0.25, 0.3) is 0 Å². The molecule has 2 saturated heterocycles. The number of benzene rings is 1. The summed E-state index contributed by atoms with van der Waals surface area (Å²) in [7, 11) is 0. The number of rotatable bonds is 7. The zero-order valence-electron chi connectivity index (χ0n) is 16.2. The first-order valence-corrected chi connectivity index (χ1v) is 9.92. The van der Waals surface area contributed by atoms with Gasteiger partial charge < -0.3 is 26.6 Å². The van der Waals surface area contributed by atoms with Gasteiger partial charge in [-0.25, -0.2) is 4.79 Å². The Kier molecular flexibility index (Phi) is 6.51. The van der Waals surface area contributed by atoms with E-state index in [1.807, 2.05) is 37.3 Å². The molecule has 28 heavy (non-hydrogen) atoms. The number of amides is 4. The van der Waals surface area contributed by atoms with Crippen molar-refractivity contribution < 1.29 is 14.4 Å². The predicted molar refractivity (Wildman–Crippen MR) is 105 cm³/mol. The van der Waals surface area contributed by atoms with E-state index >= 15 is 0 Å². The molecule has 5 N–H and O–H groups in total. The van der Waals surface area contributed by atoms with Gasteiger partial charge >= 0.3 is 6.03 Å². The minimum absolute atomic E-state index is 0.0658. The largest absolute Gasteiger partial charge is 0.343 e. The van der Waals surface area contributed by atoms with Crippen molar-refractivity contribution in [1.82, 2.24) is 20.9 Å². The van der Waals surface area contributed by atoms with Crippen LogP contribution in [0.25, 0.3) is 0 Å². The van der Waals surface area contributed by atoms with Crippen LogP contribution in [-0.2, 0) is 9.59 Å². The second kappa shape index (κ2) is 9.05. The lowest BCUT2D eigenvalue weighted by atomic mass is 10.0. The molecule has 2 aliphatic heterocycles. The predicted octanol–water partition coefficient (Wildman–Crippen LogP) is 0.644. The molecule has 3 rings (SSSR count). The van der Waals surface area contributed by atoms with Crippen molar-refractivity contribution in [2.45, 2.75) is 56.8 Å². The Hall–Kier alpha value is -2.61. The lowest BCUT2D eigenvalue weighted by Gasteiger charge is -2.34. The molecule has 2 aliphatic rings. The van der Waals surface area contributed by atoms with Gasteiger partial charge in [-0.05, 0) is 44.7 Å². The van der Waals surface area contributed by atoms with Crippen LogP contribution in [0, 0.1) is 0 Å². The summed E-state index contributed by atoms with van der Waals surface area (Å²) in [4.78, 5) is 39.1. The van der Waals surface area contributed by atoms with Crippen LogP contribution in [0.2, 0.25) is 0 Å². The van der Waals surface area contributed by atoms with Crippen molar-refractivity contribution in [3.63, 3.8) is 0 Å². The average molecular weight is 387 g/mol. The molecule has 0 aliphatic carbocycles. The van der Waals surface area contributed by atoms with E-state index < -0.39 is 12.1 Å². The fraction of sp³-hybridized carbons (Fsp3) is 0.550. The first-order valence-electron chi connectivity index (χ1n) is 9.92. The third kappa shape index (κ3) is 4.62. The van der Waals surface area contributed by atoms with Gasteiger partial charge in [-0.15, -0.1) is 0 Å². The molecule has 0 saturated carbocycles. The van der Waals surface area contributed by atoms with Gasteiger partial charge in [-0.2, -0.15) is 0 Å². The Morgan fingerprint density at radius 1 is 1.29 bits per heavy atom. The highest BCUT2D eigenvalue weighted by Gasteiger charge is 2.46. The van der Waals surface area contributed by atoms with Gasteiger partial charge in [0.2, 0.25) is 11.8 Å². The van der Waals surface area contributed by atoms with Crippen molar-refractivity contribution >= 4 is 17.8 Å². The molecular weight excluding hydrogens is 358 g/mol. The lowest BCUT2D eigenvalue weighted by molar-refractivity contribution is -0.147. The third-order valence-electron chi connectivity index (χ3n) is 5.43. The maximum Gasteiger partial charge on any atom is 0.315 e. The molecule has 8 nitrogen and oxygen atoms in total. The van der Waals surface area contributed by atoms with Crippen LogP contribution < -0.4 is 21.7 Å². The molecule has 2 fully saturated rings. The summed E-state index contributed by atoms with van der Waals surface area (Å²) in [5.74, 6) is -0.205. The highest BCUT2D eigenvalue weighted by atomic mass is 16.2. The molecule has 0 aromatic heterocycles. The number of piperazine rings is 1. The van der Waals surface area contributed by atoms with E-state index in [1.54, 1.807) is 4.90 Å². The fourth-order valence-corrected chi connectivity index (χ4v) is 3.90. The minimum atomic E-state index is -0.505. The van der Waals surface area contributed by atoms with E-state index in [4.69, 9.17) is 5.73 Å². The van der Waals surface area contributed by atoms with E-state index in [1.165, 1.54) is 0 Å². The second-order valence-corrected chi connectivity index (χ2v) is 7.53. The van der Waals surface area contributed by atoms with E-state index in [-0.39, 0.29) is 29.9 Å². The van der Waals surface area contributed by atoms with Crippen molar-refractivity contribution in [2.75, 3.05) is 13.1 Å². The van der Waals surface area contributed by atoms with Crippen molar-refractivity contribution in [3.8, 4) is 0 Å². The van der Waals surface area contributed by atoms with Gasteiger partial charge in [0.15, 0.2) is 0 Å². The Balaban J connectivity index is 1.53. The molecule has 4 atom stereocenters. The van der Waals surface area contributed by atoms with Gasteiger partial charge in [-0.1, -0.05) is 30.3 Å². The number of nitrogens with one attached hydrogen (secondary N) is 3. The first kappa shape index (κ1) is 20.1. The smallest absolute Gasteiger partial charge is 0.315 e. The number of fused-ring (bicyclic) bond motifs is 1. The van der Waals surface area contributed by atoms with E-state index in [0.717, 1.165) is 18.4 Å². The SMILES string of the molecule is C[C@H](NC(=O)N[C@H]1C[C@H]2C(=O)N[C@@H](CCCCN)C(=O)N2C1)c1ccccc1. The molecule has 0 radical (unpaired) electrons. The van der Waals surface area contributed by atoms with E-state index in [0.29, 0.717) is 25.9 Å². The summed E-state index contributed by atoms with van der Waals surface area (Å²) >= 11 is 0. The number of urea groups is 1. The Labute approximate surface area is 165 Å². The quantitative estimate of drug-likeness (QED) is 0.514. The van der Waals surface area contributed by atoms with Crippen LogP contribution >= 0.6 is 0 Å². The van der Waals surface area contributed by atoms with Crippen LogP contribution in [-0.4, -0.2) is 54.0 Å². The van der Waals surface area contributed by atoms with Gasteiger partial charge in [0, 0.05) is 6.54 Å². The van der Waals surface area contributed by atoms with Crippen molar-refractivity contribution in [3.05, 3.63) is 35.9 Å². The zero-order valence-corrected chi connectivity index (χ0v) is 16.2. The van der Waals surface area contributed by atoms with E-state index in [2.05, 4.69) is 16.0 Å². The summed E-state index contributed by atoms with van der Waals surface area (Å²) in [6, 6.07) is 8.01. The standard InChI is InChI=1S/C20H29N5O3/c1-13(14-7-3-2-4-8-14)22-20(28)23-15-11-17-18(26)24-16(9-5-6-10-21)19(27)25(17)12-15/h2-4,7-8,13,15-17H,5-6,9-12,21H2,1H3,(H,24,26)(H2,22,23,28)/t13-,15-,16-,17-/m0/s1. The number of carbonyl (C=O) groups is 3. The minimum Gasteiger partial charge on any atom is -0.343 e. The maximum atomic E-state index is 12.7. The molecule has 0 spiro atoms. The average Bonchev–Trinajstić information content (AvgIpc) is 3.11. The maximum absolute atomic E-state index is 12.7. The molecule has 1 aromatic carbocycles. The lowest BCUT2D eigenvalue weighted by Crippen LogP contribution is -2.61. The number of carbonyl (C=O) groups excluding carboxylic acids is 3. The number of unbranched alkanes of at least 4 members (excludes halogenated alkanes) is 1. The van der Waals surface area contributed by atoms with Gasteiger partial charge in [-0.3, -0.25) is 9.59 Å². The molecule has 0 unspecified atom stereocenters. The summed E-state index contributed by atoms with van der Waals surface area (Å²) in [6.45, 7) is 2.84. The normalized spacial score (nSPS) is 25.1. The Bertz CT molecular complexity index is 711. The summed E-state index contributed by atoms with van der Waals surface area (Å²) < 4.78 is 0. The molecule has 152 valence electrons. The Morgan fingerprint density at radius 2 is 2.04 bits per heavy atom. The molecule has 8 heteroatoms. The van der Waals surface area contributed by atoms with Crippen LogP contribution in [0.3, 0.4) is 0 Å². The number of hydrogen-bond donors (Lipinski definition) is 4. The van der Waals surface area contributed by atoms with Crippen molar-refractivity contribution in [1.29, 1.82) is 0 Å². The second-order valence-electron chi connectivity index (χ2n) is 7.53. The molecule has 1 aromatic rings.